The minimum absolute atomic E-state index is 0.0434. The Balaban J connectivity index is 1.48. The molecule has 216 valence electrons. The van der Waals surface area contributed by atoms with Crippen molar-refractivity contribution >= 4 is 46.7 Å². The number of tetrazole rings is 1. The molecule has 0 radical (unpaired) electrons. The SMILES string of the molecule is CC(C)(C)OC(=O)c1ccc(NC(=O)C(Cc2cccnc2)NC(=O)C(=O)Nc2cc(Cl)ccc2-n2cnnn2)cc1. The lowest BCUT2D eigenvalue weighted by Gasteiger charge is -2.20. The smallest absolute Gasteiger partial charge is 0.338 e. The number of esters is 1. The van der Waals surface area contributed by atoms with Crippen LogP contribution in [0.3, 0.4) is 0 Å². The molecule has 2 aromatic heterocycles. The van der Waals surface area contributed by atoms with Gasteiger partial charge in [0.2, 0.25) is 5.91 Å². The van der Waals surface area contributed by atoms with E-state index in [0.717, 1.165) is 0 Å². The number of anilines is 2. The number of nitrogens with one attached hydrogen (secondary N) is 3. The molecule has 0 spiro atoms. The number of rotatable bonds is 8. The molecule has 0 saturated heterocycles. The third-order valence-corrected chi connectivity index (χ3v) is 5.82. The summed E-state index contributed by atoms with van der Waals surface area (Å²) in [6, 6.07) is 12.9. The van der Waals surface area contributed by atoms with Crippen LogP contribution in [-0.4, -0.2) is 60.5 Å². The van der Waals surface area contributed by atoms with Gasteiger partial charge < -0.3 is 20.7 Å². The molecule has 0 fully saturated rings. The molecule has 3 amide bonds. The Morgan fingerprint density at radius 1 is 1.00 bits per heavy atom. The zero-order chi connectivity index (χ0) is 30.3. The molecule has 2 heterocycles. The first-order valence-corrected chi connectivity index (χ1v) is 13.0. The Hall–Kier alpha value is -5.17. The van der Waals surface area contributed by atoms with E-state index in [2.05, 4.69) is 36.5 Å². The summed E-state index contributed by atoms with van der Waals surface area (Å²) in [6.45, 7) is 5.29. The van der Waals surface area contributed by atoms with Crippen molar-refractivity contribution in [1.82, 2.24) is 30.5 Å². The normalized spacial score (nSPS) is 11.7. The first-order chi connectivity index (χ1) is 20.0. The van der Waals surface area contributed by atoms with Gasteiger partial charge in [-0.05, 0) is 85.3 Å². The number of amides is 3. The first kappa shape index (κ1) is 29.8. The van der Waals surface area contributed by atoms with Crippen LogP contribution in [0.25, 0.3) is 5.69 Å². The van der Waals surface area contributed by atoms with Gasteiger partial charge in [-0.1, -0.05) is 17.7 Å². The van der Waals surface area contributed by atoms with Crippen LogP contribution in [0, 0.1) is 0 Å². The van der Waals surface area contributed by atoms with Gasteiger partial charge in [0.15, 0.2) is 0 Å². The number of carbonyl (C=O) groups excluding carboxylic acids is 4. The number of benzene rings is 2. The lowest BCUT2D eigenvalue weighted by molar-refractivity contribution is -0.137. The molecule has 4 rings (SSSR count). The van der Waals surface area contributed by atoms with E-state index in [1.807, 2.05) is 0 Å². The second kappa shape index (κ2) is 13.0. The molecule has 1 unspecified atom stereocenters. The monoisotopic (exact) mass is 590 g/mol. The van der Waals surface area contributed by atoms with Crippen molar-refractivity contribution in [3.8, 4) is 5.69 Å². The molecule has 1 atom stereocenters. The fourth-order valence-corrected chi connectivity index (χ4v) is 3.87. The fraction of sp³-hybridized carbons (Fsp3) is 0.214. The molecule has 0 aliphatic carbocycles. The van der Waals surface area contributed by atoms with Crippen molar-refractivity contribution in [2.24, 2.45) is 0 Å². The number of nitrogens with zero attached hydrogens (tertiary/aromatic N) is 5. The molecule has 0 aliphatic heterocycles. The molecule has 0 bridgehead atoms. The van der Waals surface area contributed by atoms with Gasteiger partial charge in [-0.15, -0.1) is 5.10 Å². The van der Waals surface area contributed by atoms with Crippen LogP contribution in [0.2, 0.25) is 5.02 Å². The molecule has 3 N–H and O–H groups in total. The average Bonchev–Trinajstić information content (AvgIpc) is 3.47. The maximum absolute atomic E-state index is 13.3. The van der Waals surface area contributed by atoms with Gasteiger partial charge in [-0.25, -0.2) is 4.79 Å². The third kappa shape index (κ3) is 8.17. The Morgan fingerprint density at radius 2 is 1.76 bits per heavy atom. The zero-order valence-electron chi connectivity index (χ0n) is 22.9. The number of pyridine rings is 1. The molecule has 0 saturated carbocycles. The number of hydrogen-bond acceptors (Lipinski definition) is 9. The summed E-state index contributed by atoms with van der Waals surface area (Å²) in [5, 5.41) is 18.9. The van der Waals surface area contributed by atoms with Crippen LogP contribution in [0.5, 0.6) is 0 Å². The number of ether oxygens (including phenoxy) is 1. The van der Waals surface area contributed by atoms with Crippen LogP contribution in [-0.2, 0) is 25.5 Å². The average molecular weight is 591 g/mol. The molecule has 2 aromatic carbocycles. The van der Waals surface area contributed by atoms with E-state index >= 15 is 0 Å². The minimum Gasteiger partial charge on any atom is -0.456 e. The summed E-state index contributed by atoms with van der Waals surface area (Å²) in [6.07, 6.45) is 4.48. The van der Waals surface area contributed by atoms with Crippen LogP contribution < -0.4 is 16.0 Å². The highest BCUT2D eigenvalue weighted by Gasteiger charge is 2.26. The largest absolute Gasteiger partial charge is 0.456 e. The predicted molar refractivity (Wildman–Crippen MR) is 153 cm³/mol. The van der Waals surface area contributed by atoms with E-state index in [1.54, 1.807) is 57.4 Å². The summed E-state index contributed by atoms with van der Waals surface area (Å²) in [5.74, 6) is -3.21. The van der Waals surface area contributed by atoms with Gasteiger partial charge in [-0.2, -0.15) is 4.68 Å². The molecule has 0 aliphatic rings. The maximum Gasteiger partial charge on any atom is 0.338 e. The van der Waals surface area contributed by atoms with E-state index in [9.17, 15) is 19.2 Å². The van der Waals surface area contributed by atoms with Gasteiger partial charge >= 0.3 is 17.8 Å². The lowest BCUT2D eigenvalue weighted by atomic mass is 10.1. The summed E-state index contributed by atoms with van der Waals surface area (Å²) in [5.41, 5.74) is 1.21. The van der Waals surface area contributed by atoms with Crippen LogP contribution in [0.4, 0.5) is 11.4 Å². The Kier molecular flexibility index (Phi) is 9.22. The van der Waals surface area contributed by atoms with E-state index < -0.39 is 35.3 Å². The maximum atomic E-state index is 13.3. The molecule has 4 aromatic rings. The quantitative estimate of drug-likeness (QED) is 0.206. The molecular weight excluding hydrogens is 564 g/mol. The van der Waals surface area contributed by atoms with Crippen LogP contribution in [0.15, 0.2) is 73.3 Å². The number of hydrogen-bond donors (Lipinski definition) is 3. The van der Waals surface area contributed by atoms with Gasteiger partial charge in [0.25, 0.3) is 0 Å². The van der Waals surface area contributed by atoms with Crippen molar-refractivity contribution in [2.45, 2.75) is 38.8 Å². The van der Waals surface area contributed by atoms with E-state index in [-0.39, 0.29) is 12.1 Å². The predicted octanol–water partition coefficient (Wildman–Crippen LogP) is 2.97. The Morgan fingerprint density at radius 3 is 2.40 bits per heavy atom. The number of halogens is 1. The van der Waals surface area contributed by atoms with Crippen molar-refractivity contribution in [3.05, 3.63) is 89.5 Å². The molecule has 42 heavy (non-hydrogen) atoms. The van der Waals surface area contributed by atoms with Crippen molar-refractivity contribution in [1.29, 1.82) is 0 Å². The fourth-order valence-electron chi connectivity index (χ4n) is 3.70. The van der Waals surface area contributed by atoms with Crippen molar-refractivity contribution < 1.29 is 23.9 Å². The second-order valence-electron chi connectivity index (χ2n) is 10.0. The molecule has 14 heteroatoms. The standard InChI is InChI=1S/C28H27ClN8O5/c1-28(2,3)42-27(41)18-6-9-20(10-7-18)32-24(38)22(13-17-5-4-12-30-15-17)34-26(40)25(39)33-21-14-19(29)8-11-23(21)37-16-31-35-36-37/h4-12,14-16,22H,13H2,1-3H3,(H,32,38)(H,33,39)(H,34,40). The number of aromatic nitrogens is 5. The van der Waals surface area contributed by atoms with Gasteiger partial charge in [-0.3, -0.25) is 19.4 Å². The summed E-state index contributed by atoms with van der Waals surface area (Å²) >= 11 is 6.09. The van der Waals surface area contributed by atoms with Crippen LogP contribution in [0.1, 0.15) is 36.7 Å². The lowest BCUT2D eigenvalue weighted by Crippen LogP contribution is -2.49. The Labute approximate surface area is 245 Å². The highest BCUT2D eigenvalue weighted by Crippen LogP contribution is 2.24. The highest BCUT2D eigenvalue weighted by atomic mass is 35.5. The highest BCUT2D eigenvalue weighted by molar-refractivity contribution is 6.40. The van der Waals surface area contributed by atoms with Crippen LogP contribution >= 0.6 is 11.6 Å². The van der Waals surface area contributed by atoms with E-state index in [0.29, 0.717) is 27.5 Å². The summed E-state index contributed by atoms with van der Waals surface area (Å²) in [7, 11) is 0. The first-order valence-electron chi connectivity index (χ1n) is 12.7. The van der Waals surface area contributed by atoms with Crippen molar-refractivity contribution in [2.75, 3.05) is 10.6 Å². The van der Waals surface area contributed by atoms with Crippen molar-refractivity contribution in [3.63, 3.8) is 0 Å². The van der Waals surface area contributed by atoms with Gasteiger partial charge in [0.1, 0.15) is 18.0 Å². The Bertz CT molecular complexity index is 1570. The van der Waals surface area contributed by atoms with Gasteiger partial charge in [0, 0.05) is 29.5 Å². The zero-order valence-corrected chi connectivity index (χ0v) is 23.6. The minimum atomic E-state index is -1.16. The summed E-state index contributed by atoms with van der Waals surface area (Å²) < 4.78 is 6.65. The van der Waals surface area contributed by atoms with Gasteiger partial charge in [0.05, 0.1) is 16.9 Å². The third-order valence-electron chi connectivity index (χ3n) is 5.58. The topological polar surface area (TPSA) is 170 Å². The summed E-state index contributed by atoms with van der Waals surface area (Å²) in [4.78, 5) is 55.5. The number of carbonyl (C=O) groups is 4. The van der Waals surface area contributed by atoms with E-state index in [1.165, 1.54) is 41.3 Å². The second-order valence-corrected chi connectivity index (χ2v) is 10.5. The molecule has 13 nitrogen and oxygen atoms in total. The molecular formula is C28H27ClN8O5. The van der Waals surface area contributed by atoms with E-state index in [4.69, 9.17) is 16.3 Å².